The number of nitrogens with zero attached hydrogens (tertiary/aromatic N) is 2. The van der Waals surface area contributed by atoms with Crippen LogP contribution in [-0.4, -0.2) is 27.2 Å². The van der Waals surface area contributed by atoms with Crippen LogP contribution in [0.3, 0.4) is 0 Å². The van der Waals surface area contributed by atoms with Crippen molar-refractivity contribution in [2.24, 2.45) is 0 Å². The van der Waals surface area contributed by atoms with E-state index in [2.05, 4.69) is 33.9 Å². The van der Waals surface area contributed by atoms with E-state index >= 15 is 0 Å². The van der Waals surface area contributed by atoms with Gasteiger partial charge in [0.2, 0.25) is 0 Å². The van der Waals surface area contributed by atoms with E-state index in [1.807, 2.05) is 42.6 Å². The van der Waals surface area contributed by atoms with E-state index in [4.69, 9.17) is 4.74 Å². The molecule has 5 nitrogen and oxygen atoms in total. The van der Waals surface area contributed by atoms with Crippen molar-refractivity contribution in [3.05, 3.63) is 82.3 Å². The smallest absolute Gasteiger partial charge is 0.327 e. The molecular weight excluding hydrogens is 420 g/mol. The monoisotopic (exact) mass is 442 g/mol. The summed E-state index contributed by atoms with van der Waals surface area (Å²) in [5.74, 6) is -0.0884. The lowest BCUT2D eigenvalue weighted by atomic mass is 10.1. The van der Waals surface area contributed by atoms with Crippen LogP contribution in [0.4, 0.5) is 0 Å². The first-order chi connectivity index (χ1) is 13.5. The first-order valence-corrected chi connectivity index (χ1v) is 10.1. The molecule has 0 radical (unpaired) electrons. The van der Waals surface area contributed by atoms with Crippen LogP contribution in [0, 0.1) is 0 Å². The van der Waals surface area contributed by atoms with E-state index < -0.39 is 12.0 Å². The zero-order valence-electron chi connectivity index (χ0n) is 15.7. The third-order valence-electron chi connectivity index (χ3n) is 4.60. The Morgan fingerprint density at radius 3 is 2.50 bits per heavy atom. The molecule has 0 bridgehead atoms. The van der Waals surface area contributed by atoms with Gasteiger partial charge in [0.1, 0.15) is 11.8 Å². The molecule has 1 atom stereocenters. The predicted molar refractivity (Wildman–Crippen MR) is 112 cm³/mol. The van der Waals surface area contributed by atoms with Gasteiger partial charge in [-0.15, -0.1) is 0 Å². The van der Waals surface area contributed by atoms with E-state index in [-0.39, 0.29) is 0 Å². The predicted octanol–water partition coefficient (Wildman–Crippen LogP) is 4.70. The van der Waals surface area contributed by atoms with E-state index in [1.165, 1.54) is 5.56 Å². The van der Waals surface area contributed by atoms with Crippen molar-refractivity contribution < 1.29 is 14.6 Å². The van der Waals surface area contributed by atoms with Crippen LogP contribution < -0.4 is 4.74 Å². The number of ether oxygens (including phenoxy) is 1. The molecule has 0 unspecified atom stereocenters. The SMILES string of the molecule is CCc1ccc(CCOc2ccc(C[C@@H](C(=O)O)n3ccc(Br)c3)cc2)nc1. The number of aromatic nitrogens is 2. The second-order valence-corrected chi connectivity index (χ2v) is 7.50. The molecule has 2 aromatic heterocycles. The molecule has 0 spiro atoms. The number of aryl methyl sites for hydroxylation is 1. The third kappa shape index (κ3) is 5.45. The van der Waals surface area contributed by atoms with E-state index in [0.29, 0.717) is 13.0 Å². The third-order valence-corrected chi connectivity index (χ3v) is 5.07. The Kier molecular flexibility index (Phi) is 6.87. The minimum atomic E-state index is -0.856. The lowest BCUT2D eigenvalue weighted by Crippen LogP contribution is -2.20. The number of pyridine rings is 1. The van der Waals surface area contributed by atoms with Gasteiger partial charge in [-0.2, -0.15) is 0 Å². The second kappa shape index (κ2) is 9.55. The largest absolute Gasteiger partial charge is 0.493 e. The van der Waals surface area contributed by atoms with Gasteiger partial charge in [-0.05, 0) is 57.7 Å². The normalized spacial score (nSPS) is 11.9. The summed E-state index contributed by atoms with van der Waals surface area (Å²) in [6, 6.07) is 12.9. The fourth-order valence-electron chi connectivity index (χ4n) is 2.93. The first kappa shape index (κ1) is 20.1. The van der Waals surface area contributed by atoms with Crippen molar-refractivity contribution in [2.75, 3.05) is 6.61 Å². The van der Waals surface area contributed by atoms with E-state index in [9.17, 15) is 9.90 Å². The molecule has 0 saturated carbocycles. The van der Waals surface area contributed by atoms with Crippen LogP contribution >= 0.6 is 15.9 Å². The first-order valence-electron chi connectivity index (χ1n) is 9.26. The van der Waals surface area contributed by atoms with Crippen LogP contribution in [-0.2, 0) is 24.1 Å². The summed E-state index contributed by atoms with van der Waals surface area (Å²) in [4.78, 5) is 16.1. The maximum Gasteiger partial charge on any atom is 0.327 e. The van der Waals surface area contributed by atoms with Gasteiger partial charge in [0.25, 0.3) is 0 Å². The summed E-state index contributed by atoms with van der Waals surface area (Å²) in [5, 5.41) is 9.54. The lowest BCUT2D eigenvalue weighted by Gasteiger charge is -2.15. The molecule has 28 heavy (non-hydrogen) atoms. The van der Waals surface area contributed by atoms with Gasteiger partial charge in [-0.1, -0.05) is 25.1 Å². The van der Waals surface area contributed by atoms with Gasteiger partial charge in [0, 0.05) is 41.6 Å². The Balaban J connectivity index is 1.54. The van der Waals surface area contributed by atoms with Crippen LogP contribution in [0.2, 0.25) is 0 Å². The molecule has 0 aliphatic carbocycles. The number of carboxylic acids is 1. The molecule has 146 valence electrons. The summed E-state index contributed by atoms with van der Waals surface area (Å²) < 4.78 is 8.36. The Labute approximate surface area is 173 Å². The van der Waals surface area contributed by atoms with E-state index in [1.54, 1.807) is 17.0 Å². The highest BCUT2D eigenvalue weighted by atomic mass is 79.9. The molecule has 1 aromatic carbocycles. The molecule has 3 aromatic rings. The van der Waals surface area contributed by atoms with Crippen molar-refractivity contribution in [3.8, 4) is 5.75 Å². The fraction of sp³-hybridized carbons (Fsp3) is 0.273. The topological polar surface area (TPSA) is 64.3 Å². The van der Waals surface area contributed by atoms with Gasteiger partial charge in [-0.3, -0.25) is 4.98 Å². The lowest BCUT2D eigenvalue weighted by molar-refractivity contribution is -0.140. The number of hydrogen-bond acceptors (Lipinski definition) is 3. The molecule has 3 rings (SSSR count). The average molecular weight is 443 g/mol. The molecule has 0 aliphatic heterocycles. The summed E-state index contributed by atoms with van der Waals surface area (Å²) in [5.41, 5.74) is 3.18. The van der Waals surface area contributed by atoms with Crippen molar-refractivity contribution in [3.63, 3.8) is 0 Å². The molecule has 6 heteroatoms. The standard InChI is InChI=1S/C22H23BrN2O3/c1-2-16-3-6-19(24-14-16)10-12-28-20-7-4-17(5-8-20)13-21(22(26)27)25-11-9-18(23)15-25/h3-9,11,14-15,21H,2,10,12-13H2,1H3,(H,26,27)/t21-/m0/s1. The van der Waals surface area contributed by atoms with Crippen LogP contribution in [0.25, 0.3) is 0 Å². The highest BCUT2D eigenvalue weighted by molar-refractivity contribution is 9.10. The van der Waals surface area contributed by atoms with Gasteiger partial charge >= 0.3 is 5.97 Å². The molecule has 0 amide bonds. The molecule has 1 N–H and O–H groups in total. The van der Waals surface area contributed by atoms with Crippen molar-refractivity contribution >= 4 is 21.9 Å². The number of rotatable bonds is 9. The summed E-state index contributed by atoms with van der Waals surface area (Å²) in [6.07, 6.45) is 7.59. The molecule has 0 aliphatic rings. The number of benzene rings is 1. The maximum absolute atomic E-state index is 11.6. The Morgan fingerprint density at radius 1 is 1.18 bits per heavy atom. The maximum atomic E-state index is 11.6. The Bertz CT molecular complexity index is 904. The summed E-state index contributed by atoms with van der Waals surface area (Å²) >= 11 is 3.36. The van der Waals surface area contributed by atoms with Crippen molar-refractivity contribution in [1.29, 1.82) is 0 Å². The zero-order chi connectivity index (χ0) is 19.9. The van der Waals surface area contributed by atoms with Crippen molar-refractivity contribution in [2.45, 2.75) is 32.2 Å². The second-order valence-electron chi connectivity index (χ2n) is 6.59. The number of carbonyl (C=O) groups is 1. The average Bonchev–Trinajstić information content (AvgIpc) is 3.13. The highest BCUT2D eigenvalue weighted by Gasteiger charge is 2.19. The number of aliphatic carboxylic acids is 1. The quantitative estimate of drug-likeness (QED) is 0.521. The minimum absolute atomic E-state index is 0.407. The van der Waals surface area contributed by atoms with Crippen LogP contribution in [0.1, 0.15) is 29.8 Å². The summed E-state index contributed by atoms with van der Waals surface area (Å²) in [7, 11) is 0. The number of carboxylic acid groups (broad SMARTS) is 1. The van der Waals surface area contributed by atoms with Gasteiger partial charge in [-0.25, -0.2) is 4.79 Å². The van der Waals surface area contributed by atoms with Gasteiger partial charge in [0.15, 0.2) is 0 Å². The molecule has 0 saturated heterocycles. The fourth-order valence-corrected chi connectivity index (χ4v) is 3.29. The summed E-state index contributed by atoms with van der Waals surface area (Å²) in [6.45, 7) is 2.66. The van der Waals surface area contributed by atoms with Crippen molar-refractivity contribution in [1.82, 2.24) is 9.55 Å². The minimum Gasteiger partial charge on any atom is -0.493 e. The molecule has 2 heterocycles. The van der Waals surface area contributed by atoms with Gasteiger partial charge in [0.05, 0.1) is 6.61 Å². The highest BCUT2D eigenvalue weighted by Crippen LogP contribution is 2.21. The molecular formula is C22H23BrN2O3. The van der Waals surface area contributed by atoms with Gasteiger partial charge < -0.3 is 14.4 Å². The Morgan fingerprint density at radius 2 is 1.93 bits per heavy atom. The number of halogens is 1. The zero-order valence-corrected chi connectivity index (χ0v) is 17.3. The van der Waals surface area contributed by atoms with Crippen LogP contribution in [0.5, 0.6) is 5.75 Å². The molecule has 0 fully saturated rings. The van der Waals surface area contributed by atoms with Crippen LogP contribution in [0.15, 0.2) is 65.5 Å². The Hall–Kier alpha value is -2.60. The van der Waals surface area contributed by atoms with E-state index in [0.717, 1.165) is 34.3 Å². The number of hydrogen-bond donors (Lipinski definition) is 1.